The Kier molecular flexibility index (Phi) is 8.48. The van der Waals surface area contributed by atoms with Crippen molar-refractivity contribution in [3.63, 3.8) is 0 Å². The maximum atomic E-state index is 10.2. The molecule has 1 aromatic carbocycles. The van der Waals surface area contributed by atoms with E-state index < -0.39 is 0 Å². The highest BCUT2D eigenvalue weighted by Crippen LogP contribution is 2.51. The van der Waals surface area contributed by atoms with Gasteiger partial charge in [0, 0.05) is 42.3 Å². The van der Waals surface area contributed by atoms with E-state index in [0.717, 1.165) is 39.6 Å². The summed E-state index contributed by atoms with van der Waals surface area (Å²) in [6.45, 7) is 4.22. The number of hydrogen-bond acceptors (Lipinski definition) is 3. The van der Waals surface area contributed by atoms with E-state index in [9.17, 15) is 5.11 Å². The van der Waals surface area contributed by atoms with Gasteiger partial charge in [0.05, 0.1) is 8.95 Å². The molecule has 1 heterocycles. The van der Waals surface area contributed by atoms with Gasteiger partial charge in [0.25, 0.3) is 0 Å². The predicted molar refractivity (Wildman–Crippen MR) is 106 cm³/mol. The second-order valence-corrected chi connectivity index (χ2v) is 7.99. The predicted octanol–water partition coefficient (Wildman–Crippen LogP) is 4.88. The summed E-state index contributed by atoms with van der Waals surface area (Å²) in [6, 6.07) is 2.34. The Balaban J connectivity index is 0.00000121. The largest absolute Gasteiger partial charge is 0.506 e. The zero-order chi connectivity index (χ0) is 14.3. The lowest BCUT2D eigenvalue weighted by Crippen LogP contribution is -2.45. The van der Waals surface area contributed by atoms with Crippen molar-refractivity contribution in [1.29, 1.82) is 0 Å². The van der Waals surface area contributed by atoms with Crippen LogP contribution in [0.25, 0.3) is 0 Å². The van der Waals surface area contributed by atoms with Gasteiger partial charge in [-0.1, -0.05) is 15.9 Å². The monoisotopic (exact) mass is 538 g/mol. The van der Waals surface area contributed by atoms with Gasteiger partial charge in [-0.05, 0) is 56.7 Å². The number of phenolic OH excluding ortho intramolecular Hbond substituents is 1. The summed E-state index contributed by atoms with van der Waals surface area (Å²) in [5.74, 6) is 1.00. The van der Waals surface area contributed by atoms with Crippen LogP contribution in [0.15, 0.2) is 19.5 Å². The van der Waals surface area contributed by atoms with Crippen LogP contribution in [0.3, 0.4) is 0 Å². The Morgan fingerprint density at radius 3 is 2.23 bits per heavy atom. The average molecular weight is 542 g/mol. The van der Waals surface area contributed by atoms with Crippen LogP contribution in [0.2, 0.25) is 0 Å². The topological polar surface area (TPSA) is 35.5 Å². The van der Waals surface area contributed by atoms with E-state index in [4.69, 9.17) is 0 Å². The second kappa shape index (κ2) is 8.88. The molecule has 8 heteroatoms. The van der Waals surface area contributed by atoms with E-state index >= 15 is 0 Å². The van der Waals surface area contributed by atoms with Gasteiger partial charge in [-0.25, -0.2) is 0 Å². The number of hydrogen-bond donors (Lipinski definition) is 2. The quantitative estimate of drug-likeness (QED) is 0.573. The van der Waals surface area contributed by atoms with Crippen LogP contribution in [-0.2, 0) is 0 Å². The molecule has 126 valence electrons. The summed E-state index contributed by atoms with van der Waals surface area (Å²) in [5, 5.41) is 13.6. The van der Waals surface area contributed by atoms with Crippen molar-refractivity contribution in [2.45, 2.75) is 18.9 Å². The first-order valence-corrected chi connectivity index (χ1v) is 9.28. The van der Waals surface area contributed by atoms with Gasteiger partial charge >= 0.3 is 0 Å². The molecular weight excluding hydrogens is 523 g/mol. The molecule has 3 nitrogen and oxygen atoms in total. The second-order valence-electron chi connectivity index (χ2n) is 5.48. The van der Waals surface area contributed by atoms with Crippen molar-refractivity contribution < 1.29 is 5.11 Å². The van der Waals surface area contributed by atoms with Crippen LogP contribution in [0.1, 0.15) is 24.4 Å². The van der Waals surface area contributed by atoms with Gasteiger partial charge in [-0.15, -0.1) is 24.8 Å². The summed E-state index contributed by atoms with van der Waals surface area (Å²) in [6.07, 6.45) is 2.56. The minimum atomic E-state index is 0. The van der Waals surface area contributed by atoms with Crippen LogP contribution < -0.4 is 5.32 Å². The SMILES string of the molecule is Cl.Cl.Oc1c(Br)cc(Br)c([C@H](C2CC2)N2CCNCC2)c1Br. The zero-order valence-corrected chi connectivity index (χ0v) is 18.2. The number of phenols is 1. The highest BCUT2D eigenvalue weighted by Gasteiger charge is 2.39. The molecule has 2 aliphatic rings. The maximum absolute atomic E-state index is 10.2. The Labute approximate surface area is 168 Å². The molecule has 2 fully saturated rings. The van der Waals surface area contributed by atoms with E-state index in [0.29, 0.717) is 17.7 Å². The molecule has 1 aliphatic heterocycles. The molecule has 1 saturated heterocycles. The number of rotatable bonds is 3. The van der Waals surface area contributed by atoms with E-state index in [1.807, 2.05) is 6.07 Å². The third kappa shape index (κ3) is 4.32. The molecule has 1 aliphatic carbocycles. The van der Waals surface area contributed by atoms with E-state index in [-0.39, 0.29) is 24.8 Å². The third-order valence-corrected chi connectivity index (χ3v) is 6.15. The minimum Gasteiger partial charge on any atom is -0.506 e. The van der Waals surface area contributed by atoms with Gasteiger partial charge in [0.2, 0.25) is 0 Å². The molecule has 22 heavy (non-hydrogen) atoms. The summed E-state index contributed by atoms with van der Waals surface area (Å²) in [4.78, 5) is 2.55. The fourth-order valence-corrected chi connectivity index (χ4v) is 5.54. The third-order valence-electron chi connectivity index (χ3n) is 4.09. The molecule has 1 saturated carbocycles. The molecule has 0 bridgehead atoms. The molecule has 1 atom stereocenters. The van der Waals surface area contributed by atoms with Crippen LogP contribution in [0.5, 0.6) is 5.75 Å². The lowest BCUT2D eigenvalue weighted by atomic mass is 9.99. The van der Waals surface area contributed by atoms with Crippen molar-refractivity contribution in [2.75, 3.05) is 26.2 Å². The Morgan fingerprint density at radius 1 is 1.09 bits per heavy atom. The summed E-state index contributed by atoms with van der Waals surface area (Å²) in [7, 11) is 0. The fraction of sp³-hybridized carbons (Fsp3) is 0.571. The standard InChI is InChI=1S/C14H17Br3N2O.2ClH/c15-9-7-10(16)14(20)12(17)11(9)13(8-1-2-8)19-5-3-18-4-6-19;;/h7-8,13,18,20H,1-6H2;2*1H/t13-;;/m0../s1. The van der Waals surface area contributed by atoms with Crippen molar-refractivity contribution in [3.8, 4) is 5.75 Å². The van der Waals surface area contributed by atoms with Crippen molar-refractivity contribution in [1.82, 2.24) is 10.2 Å². The zero-order valence-electron chi connectivity index (χ0n) is 11.8. The first-order chi connectivity index (χ1) is 9.59. The Morgan fingerprint density at radius 2 is 1.68 bits per heavy atom. The van der Waals surface area contributed by atoms with E-state index in [2.05, 4.69) is 58.0 Å². The van der Waals surface area contributed by atoms with Gasteiger partial charge in [-0.2, -0.15) is 0 Å². The van der Waals surface area contributed by atoms with Crippen LogP contribution in [0, 0.1) is 5.92 Å². The van der Waals surface area contributed by atoms with E-state index in [1.165, 1.54) is 18.4 Å². The van der Waals surface area contributed by atoms with Crippen LogP contribution >= 0.6 is 72.6 Å². The molecule has 0 aromatic heterocycles. The number of halogens is 5. The molecule has 0 amide bonds. The van der Waals surface area contributed by atoms with Crippen LogP contribution in [0.4, 0.5) is 0 Å². The Hall–Kier alpha value is 0.960. The van der Waals surface area contributed by atoms with Crippen molar-refractivity contribution >= 4 is 72.6 Å². The van der Waals surface area contributed by atoms with Gasteiger partial charge in [0.1, 0.15) is 5.75 Å². The van der Waals surface area contributed by atoms with Gasteiger partial charge in [-0.3, -0.25) is 4.90 Å². The number of nitrogens with zero attached hydrogens (tertiary/aromatic N) is 1. The molecular formula is C14H19Br3Cl2N2O. The van der Waals surface area contributed by atoms with Crippen molar-refractivity contribution in [3.05, 3.63) is 25.0 Å². The van der Waals surface area contributed by atoms with Gasteiger partial charge in [0.15, 0.2) is 0 Å². The maximum Gasteiger partial charge on any atom is 0.144 e. The summed E-state index contributed by atoms with van der Waals surface area (Å²) in [5.41, 5.74) is 1.19. The molecule has 3 rings (SSSR count). The number of nitrogens with one attached hydrogen (secondary N) is 1. The number of piperazine rings is 1. The lowest BCUT2D eigenvalue weighted by molar-refractivity contribution is 0.155. The number of aromatic hydroxyl groups is 1. The molecule has 0 spiro atoms. The molecule has 2 N–H and O–H groups in total. The molecule has 1 aromatic rings. The summed E-state index contributed by atoms with van der Waals surface area (Å²) >= 11 is 10.7. The average Bonchev–Trinajstić information content (AvgIpc) is 3.26. The Bertz CT molecular complexity index is 523. The fourth-order valence-electron chi connectivity index (χ4n) is 2.95. The van der Waals surface area contributed by atoms with Crippen molar-refractivity contribution in [2.24, 2.45) is 5.92 Å². The number of benzene rings is 1. The minimum absolute atomic E-state index is 0. The molecule has 0 unspecified atom stereocenters. The van der Waals surface area contributed by atoms with Crippen LogP contribution in [-0.4, -0.2) is 36.2 Å². The lowest BCUT2D eigenvalue weighted by Gasteiger charge is -2.36. The summed E-state index contributed by atoms with van der Waals surface area (Å²) < 4.78 is 2.59. The molecule has 0 radical (unpaired) electrons. The first-order valence-electron chi connectivity index (χ1n) is 6.90. The van der Waals surface area contributed by atoms with Gasteiger partial charge < -0.3 is 10.4 Å². The van der Waals surface area contributed by atoms with E-state index in [1.54, 1.807) is 0 Å². The highest BCUT2D eigenvalue weighted by molar-refractivity contribution is 9.11. The highest BCUT2D eigenvalue weighted by atomic mass is 79.9. The smallest absolute Gasteiger partial charge is 0.144 e. The first kappa shape index (κ1) is 21.0. The normalized spacial score (nSPS) is 20.0.